The number of nitrogens with zero attached hydrogens (tertiary/aromatic N) is 3. The van der Waals surface area contributed by atoms with Crippen molar-refractivity contribution >= 4 is 22.8 Å². The van der Waals surface area contributed by atoms with E-state index in [0.29, 0.717) is 40.7 Å². The minimum Gasteiger partial charge on any atom is -0.493 e. The van der Waals surface area contributed by atoms with E-state index >= 15 is 0 Å². The molecule has 0 radical (unpaired) electrons. The lowest BCUT2D eigenvalue weighted by molar-refractivity contribution is 0.157. The Labute approximate surface area is 194 Å². The van der Waals surface area contributed by atoms with Gasteiger partial charge in [0, 0.05) is 11.5 Å². The first-order chi connectivity index (χ1) is 16.0. The molecule has 1 aliphatic rings. The Morgan fingerprint density at radius 2 is 1.91 bits per heavy atom. The maximum atomic E-state index is 12.6. The number of carbonyl (C=O) groups is 1. The van der Waals surface area contributed by atoms with Gasteiger partial charge in [0.25, 0.3) is 0 Å². The monoisotopic (exact) mass is 449 g/mol. The summed E-state index contributed by atoms with van der Waals surface area (Å²) in [6.07, 6.45) is 3.68. The van der Waals surface area contributed by atoms with Crippen LogP contribution < -0.4 is 20.1 Å². The number of carbonyl (C=O) groups excluding carboxylic acids is 1. The van der Waals surface area contributed by atoms with E-state index in [2.05, 4.69) is 32.5 Å². The number of methoxy groups -OCH3 is 1. The molecule has 1 aliphatic heterocycles. The van der Waals surface area contributed by atoms with Crippen molar-refractivity contribution in [2.75, 3.05) is 39.2 Å². The van der Waals surface area contributed by atoms with E-state index in [4.69, 9.17) is 9.47 Å². The third-order valence-electron chi connectivity index (χ3n) is 6.11. The number of amides is 2. The number of rotatable bonds is 7. The van der Waals surface area contributed by atoms with E-state index in [1.807, 2.05) is 49.4 Å². The van der Waals surface area contributed by atoms with Crippen LogP contribution in [-0.4, -0.2) is 54.8 Å². The molecule has 0 bridgehead atoms. The Balaban J connectivity index is 1.47. The summed E-state index contributed by atoms with van der Waals surface area (Å²) in [6, 6.07) is 13.0. The number of aromatic nitrogens is 2. The molecule has 0 aliphatic carbocycles. The number of hydrogen-bond acceptors (Lipinski definition) is 6. The first-order valence-corrected chi connectivity index (χ1v) is 11.3. The van der Waals surface area contributed by atoms with Gasteiger partial charge in [0.15, 0.2) is 11.5 Å². The van der Waals surface area contributed by atoms with Crippen LogP contribution in [0.25, 0.3) is 10.9 Å². The fraction of sp³-hybridized carbons (Fsp3) is 0.400. The third kappa shape index (κ3) is 5.70. The lowest BCUT2D eigenvalue weighted by Crippen LogP contribution is -2.32. The van der Waals surface area contributed by atoms with Crippen molar-refractivity contribution in [3.8, 4) is 11.5 Å². The molecule has 8 nitrogen and oxygen atoms in total. The number of ether oxygens (including phenoxy) is 2. The van der Waals surface area contributed by atoms with Crippen LogP contribution >= 0.6 is 0 Å². The highest BCUT2D eigenvalue weighted by molar-refractivity contribution is 5.99. The van der Waals surface area contributed by atoms with Crippen molar-refractivity contribution < 1.29 is 14.3 Å². The van der Waals surface area contributed by atoms with Gasteiger partial charge >= 0.3 is 6.03 Å². The fourth-order valence-electron chi connectivity index (χ4n) is 4.04. The van der Waals surface area contributed by atoms with E-state index in [-0.39, 0.29) is 12.1 Å². The zero-order valence-electron chi connectivity index (χ0n) is 19.4. The van der Waals surface area contributed by atoms with Crippen molar-refractivity contribution in [3.05, 3.63) is 54.4 Å². The van der Waals surface area contributed by atoms with E-state index in [1.54, 1.807) is 7.11 Å². The number of piperidine rings is 1. The largest absolute Gasteiger partial charge is 0.493 e. The van der Waals surface area contributed by atoms with Gasteiger partial charge in [0.2, 0.25) is 0 Å². The molecule has 2 N–H and O–H groups in total. The Bertz CT molecular complexity index is 1080. The van der Waals surface area contributed by atoms with Gasteiger partial charge in [0.05, 0.1) is 25.3 Å². The first-order valence-electron chi connectivity index (χ1n) is 11.3. The SMILES string of the molecule is COc1cc2c(NC(=O)N[C@H](C)c3ccccc3)ncnc2cc1OCC1CCN(C)CC1. The van der Waals surface area contributed by atoms with Crippen LogP contribution in [0.5, 0.6) is 11.5 Å². The van der Waals surface area contributed by atoms with Crippen LogP contribution in [0.1, 0.15) is 31.4 Å². The molecule has 33 heavy (non-hydrogen) atoms. The molecule has 1 atom stereocenters. The fourth-order valence-corrected chi connectivity index (χ4v) is 4.04. The van der Waals surface area contributed by atoms with Gasteiger partial charge in [-0.25, -0.2) is 14.8 Å². The molecule has 2 heterocycles. The van der Waals surface area contributed by atoms with Gasteiger partial charge < -0.3 is 19.7 Å². The average molecular weight is 450 g/mol. The van der Waals surface area contributed by atoms with Gasteiger partial charge in [-0.15, -0.1) is 0 Å². The zero-order valence-corrected chi connectivity index (χ0v) is 19.4. The number of hydrogen-bond donors (Lipinski definition) is 2. The second kappa shape index (κ2) is 10.5. The number of benzene rings is 2. The van der Waals surface area contributed by atoms with Crippen LogP contribution in [0.2, 0.25) is 0 Å². The summed E-state index contributed by atoms with van der Waals surface area (Å²) >= 11 is 0. The molecule has 0 saturated carbocycles. The Kier molecular flexibility index (Phi) is 7.24. The molecule has 2 aromatic carbocycles. The van der Waals surface area contributed by atoms with Gasteiger partial charge in [-0.2, -0.15) is 0 Å². The van der Waals surface area contributed by atoms with E-state index in [9.17, 15) is 4.79 Å². The van der Waals surface area contributed by atoms with E-state index < -0.39 is 0 Å². The molecular formula is C25H31N5O3. The lowest BCUT2D eigenvalue weighted by Gasteiger charge is -2.28. The topological polar surface area (TPSA) is 88.6 Å². The molecule has 1 fully saturated rings. The van der Waals surface area contributed by atoms with Gasteiger partial charge in [-0.3, -0.25) is 5.32 Å². The number of nitrogens with one attached hydrogen (secondary N) is 2. The molecule has 1 aromatic heterocycles. The smallest absolute Gasteiger partial charge is 0.320 e. The number of fused-ring (bicyclic) bond motifs is 1. The van der Waals surface area contributed by atoms with Crippen molar-refractivity contribution in [3.63, 3.8) is 0 Å². The average Bonchev–Trinajstić information content (AvgIpc) is 2.83. The van der Waals surface area contributed by atoms with Crippen molar-refractivity contribution in [2.24, 2.45) is 5.92 Å². The van der Waals surface area contributed by atoms with Crippen LogP contribution in [0, 0.1) is 5.92 Å². The molecule has 8 heteroatoms. The van der Waals surface area contributed by atoms with Crippen LogP contribution in [0.15, 0.2) is 48.8 Å². The van der Waals surface area contributed by atoms with Crippen LogP contribution in [0.3, 0.4) is 0 Å². The Morgan fingerprint density at radius 1 is 1.15 bits per heavy atom. The molecule has 3 aromatic rings. The zero-order chi connectivity index (χ0) is 23.2. The molecule has 4 rings (SSSR count). The number of urea groups is 1. The maximum Gasteiger partial charge on any atom is 0.320 e. The highest BCUT2D eigenvalue weighted by atomic mass is 16.5. The van der Waals surface area contributed by atoms with Gasteiger partial charge in [0.1, 0.15) is 12.1 Å². The van der Waals surface area contributed by atoms with Crippen molar-refractivity contribution in [1.82, 2.24) is 20.2 Å². The molecule has 174 valence electrons. The van der Waals surface area contributed by atoms with E-state index in [1.165, 1.54) is 6.33 Å². The summed E-state index contributed by atoms with van der Waals surface area (Å²) < 4.78 is 11.7. The quantitative estimate of drug-likeness (QED) is 0.561. The Hall–Kier alpha value is -3.39. The van der Waals surface area contributed by atoms with Crippen molar-refractivity contribution in [1.29, 1.82) is 0 Å². The highest BCUT2D eigenvalue weighted by Gasteiger charge is 2.19. The highest BCUT2D eigenvalue weighted by Crippen LogP contribution is 2.34. The molecule has 0 unspecified atom stereocenters. The standard InChI is InChI=1S/C25H31N5O3/c1-17(19-7-5-4-6-8-19)28-25(31)29-24-20-13-22(32-3)23(14-21(20)26-16-27-24)33-15-18-9-11-30(2)12-10-18/h4-8,13-14,16-18H,9-12,15H2,1-3H3,(H2,26,27,28,29,31)/t17-/m1/s1. The minimum atomic E-state index is -0.340. The van der Waals surface area contributed by atoms with Crippen molar-refractivity contribution in [2.45, 2.75) is 25.8 Å². The lowest BCUT2D eigenvalue weighted by atomic mass is 9.98. The van der Waals surface area contributed by atoms with E-state index in [0.717, 1.165) is 31.5 Å². The Morgan fingerprint density at radius 3 is 2.64 bits per heavy atom. The third-order valence-corrected chi connectivity index (χ3v) is 6.11. The summed E-state index contributed by atoms with van der Waals surface area (Å²) in [5, 5.41) is 6.47. The normalized spacial score (nSPS) is 15.7. The van der Waals surface area contributed by atoms with Crippen LogP contribution in [0.4, 0.5) is 10.6 Å². The summed E-state index contributed by atoms with van der Waals surface area (Å²) in [7, 11) is 3.76. The predicted octanol–water partition coefficient (Wildman–Crippen LogP) is 4.24. The summed E-state index contributed by atoms with van der Waals surface area (Å²) in [5.74, 6) is 2.18. The van der Waals surface area contributed by atoms with Gasteiger partial charge in [-0.1, -0.05) is 30.3 Å². The number of anilines is 1. The molecule has 0 spiro atoms. The van der Waals surface area contributed by atoms with Gasteiger partial charge in [-0.05, 0) is 57.5 Å². The van der Waals surface area contributed by atoms with Crippen LogP contribution in [-0.2, 0) is 0 Å². The minimum absolute atomic E-state index is 0.145. The molecule has 2 amide bonds. The second-order valence-corrected chi connectivity index (χ2v) is 8.53. The summed E-state index contributed by atoms with van der Waals surface area (Å²) in [5.41, 5.74) is 1.70. The molecule has 1 saturated heterocycles. The number of likely N-dealkylation sites (tertiary alicyclic amines) is 1. The first kappa shape index (κ1) is 22.8. The molecular weight excluding hydrogens is 418 g/mol. The summed E-state index contributed by atoms with van der Waals surface area (Å²) in [4.78, 5) is 23.6. The second-order valence-electron chi connectivity index (χ2n) is 8.53. The maximum absolute atomic E-state index is 12.6. The predicted molar refractivity (Wildman–Crippen MR) is 129 cm³/mol. The summed E-state index contributed by atoms with van der Waals surface area (Å²) in [6.45, 7) is 4.77.